The van der Waals surface area contributed by atoms with Crippen LogP contribution in [0, 0.1) is 0 Å². The molecule has 8 heteroatoms. The van der Waals surface area contributed by atoms with Gasteiger partial charge in [0.2, 0.25) is 0 Å². The van der Waals surface area contributed by atoms with E-state index in [1.807, 2.05) is 34.5 Å². The first-order valence-corrected chi connectivity index (χ1v) is 9.96. The van der Waals surface area contributed by atoms with Crippen molar-refractivity contribution < 1.29 is 9.53 Å². The topological polar surface area (TPSA) is 69.4 Å². The standard InChI is InChI=1S/C19H22N4O3S/c1-26-11-10-22-15-6-2-8-20-17(15)23(19(22)25)14-5-3-9-21(13-14)18(24)16-7-4-12-27-16/h2,4,6-8,12,14H,3,5,9-11,13H2,1H3/t14-/m0/s1. The highest BCUT2D eigenvalue weighted by molar-refractivity contribution is 7.12. The largest absolute Gasteiger partial charge is 0.383 e. The third-order valence-corrected chi connectivity index (χ3v) is 5.88. The van der Waals surface area contributed by atoms with Crippen LogP contribution in [-0.4, -0.2) is 51.7 Å². The van der Waals surface area contributed by atoms with Crippen LogP contribution in [0.2, 0.25) is 0 Å². The molecular weight excluding hydrogens is 364 g/mol. The van der Waals surface area contributed by atoms with Crippen molar-refractivity contribution in [3.63, 3.8) is 0 Å². The van der Waals surface area contributed by atoms with Crippen molar-refractivity contribution in [2.45, 2.75) is 25.4 Å². The molecule has 4 heterocycles. The summed E-state index contributed by atoms with van der Waals surface area (Å²) in [4.78, 5) is 32.9. The smallest absolute Gasteiger partial charge is 0.330 e. The lowest BCUT2D eigenvalue weighted by molar-refractivity contribution is 0.0684. The summed E-state index contributed by atoms with van der Waals surface area (Å²) >= 11 is 1.45. The Morgan fingerprint density at radius 3 is 3.04 bits per heavy atom. The molecule has 4 rings (SSSR count). The summed E-state index contributed by atoms with van der Waals surface area (Å²) in [6, 6.07) is 7.41. The molecule has 1 amide bonds. The molecule has 1 aliphatic heterocycles. The van der Waals surface area contributed by atoms with Crippen LogP contribution in [0.1, 0.15) is 28.6 Å². The molecule has 0 unspecified atom stereocenters. The molecule has 1 saturated heterocycles. The van der Waals surface area contributed by atoms with Gasteiger partial charge in [-0.2, -0.15) is 0 Å². The van der Waals surface area contributed by atoms with Gasteiger partial charge in [0.05, 0.1) is 29.6 Å². The minimum absolute atomic E-state index is 0.0406. The number of amides is 1. The van der Waals surface area contributed by atoms with E-state index in [0.29, 0.717) is 25.3 Å². The summed E-state index contributed by atoms with van der Waals surface area (Å²) in [5, 5.41) is 1.91. The first-order valence-electron chi connectivity index (χ1n) is 9.08. The van der Waals surface area contributed by atoms with Gasteiger partial charge in [-0.3, -0.25) is 13.9 Å². The lowest BCUT2D eigenvalue weighted by atomic mass is 10.1. The second kappa shape index (κ2) is 7.66. The number of carbonyl (C=O) groups is 1. The number of ether oxygens (including phenoxy) is 1. The minimum Gasteiger partial charge on any atom is -0.383 e. The Labute approximate surface area is 160 Å². The van der Waals surface area contributed by atoms with Crippen molar-refractivity contribution >= 4 is 28.4 Å². The van der Waals surface area contributed by atoms with E-state index in [4.69, 9.17) is 4.74 Å². The number of hydrogen-bond acceptors (Lipinski definition) is 5. The van der Waals surface area contributed by atoms with Gasteiger partial charge >= 0.3 is 5.69 Å². The van der Waals surface area contributed by atoms with E-state index >= 15 is 0 Å². The van der Waals surface area contributed by atoms with E-state index in [-0.39, 0.29) is 17.6 Å². The second-order valence-corrected chi connectivity index (χ2v) is 7.62. The molecular formula is C19H22N4O3S. The Hall–Kier alpha value is -2.45. The fourth-order valence-electron chi connectivity index (χ4n) is 3.74. The van der Waals surface area contributed by atoms with Gasteiger partial charge < -0.3 is 9.64 Å². The van der Waals surface area contributed by atoms with Crippen LogP contribution < -0.4 is 5.69 Å². The van der Waals surface area contributed by atoms with Crippen molar-refractivity contribution in [3.8, 4) is 0 Å². The number of imidazole rings is 1. The number of carbonyl (C=O) groups excluding carboxylic acids is 1. The Morgan fingerprint density at radius 1 is 1.37 bits per heavy atom. The van der Waals surface area contributed by atoms with Crippen molar-refractivity contribution in [1.82, 2.24) is 19.0 Å². The number of fused-ring (bicyclic) bond motifs is 1. The number of rotatable bonds is 5. The van der Waals surface area contributed by atoms with E-state index in [0.717, 1.165) is 29.8 Å². The lowest BCUT2D eigenvalue weighted by Gasteiger charge is -2.33. The summed E-state index contributed by atoms with van der Waals surface area (Å²) < 4.78 is 8.63. The van der Waals surface area contributed by atoms with Crippen LogP contribution in [0.4, 0.5) is 0 Å². The van der Waals surface area contributed by atoms with Gasteiger partial charge in [0.1, 0.15) is 0 Å². The number of nitrogens with zero attached hydrogens (tertiary/aromatic N) is 4. The Morgan fingerprint density at radius 2 is 2.26 bits per heavy atom. The molecule has 0 aromatic carbocycles. The zero-order valence-electron chi connectivity index (χ0n) is 15.2. The van der Waals surface area contributed by atoms with E-state index in [9.17, 15) is 9.59 Å². The van der Waals surface area contributed by atoms with Crippen molar-refractivity contribution in [2.24, 2.45) is 0 Å². The first kappa shape index (κ1) is 17.9. The number of thiophene rings is 1. The third kappa shape index (κ3) is 3.30. The van der Waals surface area contributed by atoms with Crippen molar-refractivity contribution in [1.29, 1.82) is 0 Å². The fraction of sp³-hybridized carbons (Fsp3) is 0.421. The molecule has 3 aromatic rings. The third-order valence-electron chi connectivity index (χ3n) is 5.02. The van der Waals surface area contributed by atoms with Crippen LogP contribution in [0.5, 0.6) is 0 Å². The summed E-state index contributed by atoms with van der Waals surface area (Å²) in [6.07, 6.45) is 3.43. The molecule has 0 spiro atoms. The maximum atomic E-state index is 13.1. The molecule has 0 radical (unpaired) electrons. The molecule has 0 aliphatic carbocycles. The average Bonchev–Trinajstić information content (AvgIpc) is 3.32. The lowest BCUT2D eigenvalue weighted by Crippen LogP contribution is -2.43. The number of likely N-dealkylation sites (tertiary alicyclic amines) is 1. The summed E-state index contributed by atoms with van der Waals surface area (Å²) in [5.41, 5.74) is 1.39. The van der Waals surface area contributed by atoms with Crippen LogP contribution in [-0.2, 0) is 11.3 Å². The van der Waals surface area contributed by atoms with Crippen molar-refractivity contribution in [2.75, 3.05) is 26.8 Å². The number of aromatic nitrogens is 3. The first-order chi connectivity index (χ1) is 13.2. The van der Waals surface area contributed by atoms with Gasteiger partial charge in [-0.25, -0.2) is 9.78 Å². The van der Waals surface area contributed by atoms with E-state index in [1.165, 1.54) is 11.3 Å². The summed E-state index contributed by atoms with van der Waals surface area (Å²) in [7, 11) is 1.62. The molecule has 142 valence electrons. The number of hydrogen-bond donors (Lipinski definition) is 0. The molecule has 1 aliphatic rings. The normalized spacial score (nSPS) is 17.5. The predicted octanol–water partition coefficient (Wildman–Crippen LogP) is 2.38. The molecule has 0 saturated carbocycles. The van der Waals surface area contributed by atoms with Crippen LogP contribution in [0.25, 0.3) is 11.2 Å². The highest BCUT2D eigenvalue weighted by atomic mass is 32.1. The zero-order chi connectivity index (χ0) is 18.8. The Bertz CT molecular complexity index is 992. The molecule has 0 bridgehead atoms. The monoisotopic (exact) mass is 386 g/mol. The van der Waals surface area contributed by atoms with Gasteiger partial charge in [0, 0.05) is 26.4 Å². The summed E-state index contributed by atoms with van der Waals surface area (Å²) in [5.74, 6) is 0.0406. The van der Waals surface area contributed by atoms with Crippen molar-refractivity contribution in [3.05, 3.63) is 51.2 Å². The number of methoxy groups -OCH3 is 1. The molecule has 0 N–H and O–H groups in total. The maximum Gasteiger partial charge on any atom is 0.330 e. The van der Waals surface area contributed by atoms with E-state index < -0.39 is 0 Å². The van der Waals surface area contributed by atoms with Crippen LogP contribution in [0.3, 0.4) is 0 Å². The SMILES string of the molecule is COCCn1c(=O)n([C@H]2CCCN(C(=O)c3cccs3)C2)c2ncccc21. The molecule has 3 aromatic heterocycles. The second-order valence-electron chi connectivity index (χ2n) is 6.67. The highest BCUT2D eigenvalue weighted by Gasteiger charge is 2.29. The fourth-order valence-corrected chi connectivity index (χ4v) is 4.43. The predicted molar refractivity (Wildman–Crippen MR) is 104 cm³/mol. The maximum absolute atomic E-state index is 13.1. The van der Waals surface area contributed by atoms with Gasteiger partial charge in [0.15, 0.2) is 5.65 Å². The number of piperidine rings is 1. The van der Waals surface area contributed by atoms with Gasteiger partial charge in [-0.1, -0.05) is 6.07 Å². The highest BCUT2D eigenvalue weighted by Crippen LogP contribution is 2.25. The average molecular weight is 386 g/mol. The quantitative estimate of drug-likeness (QED) is 0.675. The minimum atomic E-state index is -0.0869. The van der Waals surface area contributed by atoms with E-state index in [1.54, 1.807) is 22.4 Å². The Kier molecular flexibility index (Phi) is 5.09. The van der Waals surface area contributed by atoms with Crippen LogP contribution >= 0.6 is 11.3 Å². The van der Waals surface area contributed by atoms with Gasteiger partial charge in [-0.15, -0.1) is 11.3 Å². The number of pyridine rings is 1. The molecule has 1 fully saturated rings. The molecule has 1 atom stereocenters. The van der Waals surface area contributed by atoms with Crippen LogP contribution in [0.15, 0.2) is 40.6 Å². The molecule has 27 heavy (non-hydrogen) atoms. The zero-order valence-corrected chi connectivity index (χ0v) is 16.0. The van der Waals surface area contributed by atoms with Gasteiger partial charge in [-0.05, 0) is 36.4 Å². The summed E-state index contributed by atoms with van der Waals surface area (Å²) in [6.45, 7) is 2.19. The van der Waals surface area contributed by atoms with Gasteiger partial charge in [0.25, 0.3) is 5.91 Å². The molecule has 7 nitrogen and oxygen atoms in total. The Balaban J connectivity index is 1.68. The van der Waals surface area contributed by atoms with E-state index in [2.05, 4.69) is 4.98 Å².